The zero-order valence-electron chi connectivity index (χ0n) is 20.1. The first-order valence-electron chi connectivity index (χ1n) is 10.8. The van der Waals surface area contributed by atoms with E-state index in [1.165, 1.54) is 12.1 Å². The molecule has 180 valence electrons. The normalized spacial score (nSPS) is 11.1. The molecule has 0 aliphatic rings. The number of ether oxygens (including phenoxy) is 2. The molecule has 3 rings (SSSR count). The maximum atomic E-state index is 13.2. The van der Waals surface area contributed by atoms with Crippen LogP contribution in [0.25, 0.3) is 0 Å². The highest BCUT2D eigenvalue weighted by Crippen LogP contribution is 2.28. The molecule has 0 bridgehead atoms. The first kappa shape index (κ1) is 25.1. The monoisotopic (exact) mass is 482 g/mol. The van der Waals surface area contributed by atoms with Crippen LogP contribution in [0.5, 0.6) is 11.5 Å². The van der Waals surface area contributed by atoms with E-state index in [9.17, 15) is 13.2 Å². The molecule has 3 aromatic rings. The highest BCUT2D eigenvalue weighted by molar-refractivity contribution is 7.92. The van der Waals surface area contributed by atoms with Crippen molar-refractivity contribution in [3.8, 4) is 11.5 Å². The number of nitrogens with one attached hydrogen (secondary N) is 1. The van der Waals surface area contributed by atoms with Gasteiger partial charge in [0, 0.05) is 24.8 Å². The summed E-state index contributed by atoms with van der Waals surface area (Å²) in [6.07, 6.45) is 0.606. The third-order valence-corrected chi connectivity index (χ3v) is 6.96. The average molecular weight is 483 g/mol. The molecule has 0 saturated carbocycles. The Morgan fingerprint density at radius 3 is 2.24 bits per heavy atom. The van der Waals surface area contributed by atoms with Crippen molar-refractivity contribution in [1.29, 1.82) is 0 Å². The van der Waals surface area contributed by atoms with Crippen LogP contribution in [0.3, 0.4) is 0 Å². The lowest BCUT2D eigenvalue weighted by Crippen LogP contribution is -2.29. The van der Waals surface area contributed by atoms with Crippen LogP contribution < -0.4 is 14.2 Å². The quantitative estimate of drug-likeness (QED) is 0.488. The van der Waals surface area contributed by atoms with Crippen molar-refractivity contribution in [1.82, 2.24) is 4.90 Å². The third-order valence-electron chi connectivity index (χ3n) is 5.58. The van der Waals surface area contributed by atoms with Crippen molar-refractivity contribution in [2.24, 2.45) is 0 Å². The summed E-state index contributed by atoms with van der Waals surface area (Å²) < 4.78 is 39.0. The van der Waals surface area contributed by atoms with Gasteiger partial charge in [-0.15, -0.1) is 0 Å². The van der Waals surface area contributed by atoms with Crippen LogP contribution in [0.1, 0.15) is 27.0 Å². The summed E-state index contributed by atoms with van der Waals surface area (Å²) in [6.45, 7) is 4.17. The first-order valence-corrected chi connectivity index (χ1v) is 12.3. The van der Waals surface area contributed by atoms with Crippen LogP contribution in [0.2, 0.25) is 0 Å². The number of carbonyl (C=O) groups is 1. The molecule has 0 aromatic heterocycles. The number of rotatable bonds is 9. The number of anilines is 1. The Bertz CT molecular complexity index is 1270. The molecule has 3 aromatic carbocycles. The van der Waals surface area contributed by atoms with Crippen LogP contribution in [-0.4, -0.2) is 47.0 Å². The minimum atomic E-state index is -3.84. The fourth-order valence-corrected chi connectivity index (χ4v) is 4.56. The van der Waals surface area contributed by atoms with Crippen molar-refractivity contribution in [2.45, 2.75) is 25.2 Å². The van der Waals surface area contributed by atoms with E-state index in [2.05, 4.69) is 4.72 Å². The molecule has 0 radical (unpaired) electrons. The van der Waals surface area contributed by atoms with E-state index in [1.807, 2.05) is 37.3 Å². The second kappa shape index (κ2) is 10.6. The molecule has 0 aliphatic carbocycles. The smallest absolute Gasteiger partial charge is 0.261 e. The minimum absolute atomic E-state index is 0.0373. The number of nitrogens with zero attached hydrogens (tertiary/aromatic N) is 1. The molecule has 34 heavy (non-hydrogen) atoms. The van der Waals surface area contributed by atoms with Crippen LogP contribution in [-0.2, 0) is 16.4 Å². The van der Waals surface area contributed by atoms with Gasteiger partial charge in [-0.3, -0.25) is 9.52 Å². The Morgan fingerprint density at radius 1 is 0.912 bits per heavy atom. The summed E-state index contributed by atoms with van der Waals surface area (Å²) in [6, 6.07) is 17.3. The predicted molar refractivity (Wildman–Crippen MR) is 133 cm³/mol. The number of methoxy groups -OCH3 is 2. The molecular weight excluding hydrogens is 452 g/mol. The fourth-order valence-electron chi connectivity index (χ4n) is 3.47. The van der Waals surface area contributed by atoms with Crippen LogP contribution in [0.15, 0.2) is 65.6 Å². The van der Waals surface area contributed by atoms with Crippen LogP contribution in [0.4, 0.5) is 5.69 Å². The van der Waals surface area contributed by atoms with E-state index in [0.717, 1.165) is 11.1 Å². The Labute approximate surface area is 201 Å². The van der Waals surface area contributed by atoms with Gasteiger partial charge in [0.2, 0.25) is 0 Å². The van der Waals surface area contributed by atoms with Gasteiger partial charge in [-0.25, -0.2) is 8.42 Å². The van der Waals surface area contributed by atoms with Crippen molar-refractivity contribution in [3.05, 3.63) is 82.9 Å². The van der Waals surface area contributed by atoms with Gasteiger partial charge >= 0.3 is 0 Å². The molecule has 0 heterocycles. The lowest BCUT2D eigenvalue weighted by atomic mass is 10.1. The molecule has 0 unspecified atom stereocenters. The number of hydrogen-bond acceptors (Lipinski definition) is 5. The van der Waals surface area contributed by atoms with Crippen LogP contribution >= 0.6 is 0 Å². The number of likely N-dealkylation sites (N-methyl/N-ethyl adjacent to an activating group) is 1. The van der Waals surface area contributed by atoms with E-state index in [0.29, 0.717) is 41.3 Å². The standard InChI is InChI=1S/C26H30N2O5S/c1-18-6-10-21(11-7-18)27-34(30,31)22-12-8-19(2)23(17-22)26(29)28(3)15-14-20-9-13-24(32-4)25(16-20)33-5/h6-13,16-17,27H,14-15H2,1-5H3. The summed E-state index contributed by atoms with van der Waals surface area (Å²) in [7, 11) is 1.02. The van der Waals surface area contributed by atoms with Crippen molar-refractivity contribution >= 4 is 21.6 Å². The molecule has 1 N–H and O–H groups in total. The fraction of sp³-hybridized carbons (Fsp3) is 0.269. The number of hydrogen-bond donors (Lipinski definition) is 1. The van der Waals surface area contributed by atoms with E-state index >= 15 is 0 Å². The van der Waals surface area contributed by atoms with Gasteiger partial charge < -0.3 is 14.4 Å². The first-order chi connectivity index (χ1) is 16.1. The molecule has 0 saturated heterocycles. The van der Waals surface area contributed by atoms with E-state index < -0.39 is 10.0 Å². The number of aryl methyl sites for hydroxylation is 2. The summed E-state index contributed by atoms with van der Waals surface area (Å²) in [5.74, 6) is 1.03. The second-order valence-corrected chi connectivity index (χ2v) is 9.80. The molecule has 8 heteroatoms. The van der Waals surface area contributed by atoms with Gasteiger partial charge in [0.25, 0.3) is 15.9 Å². The molecule has 0 aliphatic heterocycles. The molecule has 0 spiro atoms. The van der Waals surface area contributed by atoms with Gasteiger partial charge in [0.15, 0.2) is 11.5 Å². The largest absolute Gasteiger partial charge is 0.493 e. The van der Waals surface area contributed by atoms with Gasteiger partial charge in [0.1, 0.15) is 0 Å². The predicted octanol–water partition coefficient (Wildman–Crippen LogP) is 4.44. The van der Waals surface area contributed by atoms with Gasteiger partial charge in [-0.2, -0.15) is 0 Å². The van der Waals surface area contributed by atoms with E-state index in [-0.39, 0.29) is 10.8 Å². The maximum Gasteiger partial charge on any atom is 0.261 e. The molecule has 1 amide bonds. The van der Waals surface area contributed by atoms with Gasteiger partial charge in [-0.05, 0) is 67.8 Å². The Hall–Kier alpha value is -3.52. The Morgan fingerprint density at radius 2 is 1.59 bits per heavy atom. The second-order valence-electron chi connectivity index (χ2n) is 8.11. The van der Waals surface area contributed by atoms with Crippen molar-refractivity contribution in [3.63, 3.8) is 0 Å². The topological polar surface area (TPSA) is 84.9 Å². The third kappa shape index (κ3) is 5.88. The average Bonchev–Trinajstić information content (AvgIpc) is 2.83. The summed E-state index contributed by atoms with van der Waals surface area (Å²) in [4.78, 5) is 14.8. The van der Waals surface area contributed by atoms with E-state index in [1.54, 1.807) is 51.3 Å². The van der Waals surface area contributed by atoms with Crippen LogP contribution in [0, 0.1) is 13.8 Å². The lowest BCUT2D eigenvalue weighted by Gasteiger charge is -2.19. The number of carbonyl (C=O) groups excluding carboxylic acids is 1. The summed E-state index contributed by atoms with van der Waals surface area (Å²) in [5.41, 5.74) is 3.54. The minimum Gasteiger partial charge on any atom is -0.493 e. The number of sulfonamides is 1. The maximum absolute atomic E-state index is 13.2. The van der Waals surface area contributed by atoms with Crippen molar-refractivity contribution < 1.29 is 22.7 Å². The summed E-state index contributed by atoms with van der Waals surface area (Å²) >= 11 is 0. The highest BCUT2D eigenvalue weighted by atomic mass is 32.2. The zero-order valence-corrected chi connectivity index (χ0v) is 20.9. The SMILES string of the molecule is COc1ccc(CCN(C)C(=O)c2cc(S(=O)(=O)Nc3ccc(C)cc3)ccc2C)cc1OC. The Balaban J connectivity index is 1.75. The highest BCUT2D eigenvalue weighted by Gasteiger charge is 2.20. The molecule has 0 atom stereocenters. The van der Waals surface area contributed by atoms with Crippen molar-refractivity contribution in [2.75, 3.05) is 32.5 Å². The number of amides is 1. The van der Waals surface area contributed by atoms with Gasteiger partial charge in [0.05, 0.1) is 19.1 Å². The zero-order chi connectivity index (χ0) is 24.9. The van der Waals surface area contributed by atoms with E-state index in [4.69, 9.17) is 9.47 Å². The lowest BCUT2D eigenvalue weighted by molar-refractivity contribution is 0.0795. The molecular formula is C26H30N2O5S. The number of benzene rings is 3. The molecule has 7 nitrogen and oxygen atoms in total. The Kier molecular flexibility index (Phi) is 7.83. The summed E-state index contributed by atoms with van der Waals surface area (Å²) in [5, 5.41) is 0. The molecule has 0 fully saturated rings. The van der Waals surface area contributed by atoms with Gasteiger partial charge in [-0.1, -0.05) is 29.8 Å².